The molecule has 24 heavy (non-hydrogen) atoms. The minimum absolute atomic E-state index is 0.100. The molecule has 0 fully saturated rings. The van der Waals surface area contributed by atoms with Gasteiger partial charge in [0.05, 0.1) is 0 Å². The van der Waals surface area contributed by atoms with Gasteiger partial charge in [0.2, 0.25) is 17.5 Å². The number of anilines is 1. The molecule has 0 saturated heterocycles. The molecule has 1 aliphatic rings. The van der Waals surface area contributed by atoms with E-state index in [4.69, 9.17) is 11.6 Å². The van der Waals surface area contributed by atoms with Crippen molar-refractivity contribution in [2.75, 3.05) is 4.90 Å². The zero-order chi connectivity index (χ0) is 17.4. The van der Waals surface area contributed by atoms with Gasteiger partial charge in [-0.2, -0.15) is 0 Å². The molecule has 4 nitrogen and oxygen atoms in total. The third-order valence-corrected chi connectivity index (χ3v) is 4.22. The van der Waals surface area contributed by atoms with Crippen LogP contribution in [0.3, 0.4) is 0 Å². The number of hydrogen-bond acceptors (Lipinski definition) is 3. The SMILES string of the molecule is CC(=O)N(C1=C(Cl)C(=O)c2ccccc2C1=O)c1ccc(C)cc1. The molecule has 5 heteroatoms. The molecule has 0 bridgehead atoms. The molecular formula is C19H14ClNO3. The fourth-order valence-electron chi connectivity index (χ4n) is 2.69. The molecule has 0 unspecified atom stereocenters. The maximum Gasteiger partial charge on any atom is 0.228 e. The molecule has 0 atom stereocenters. The number of aryl methyl sites for hydroxylation is 1. The van der Waals surface area contributed by atoms with Crippen molar-refractivity contribution in [2.45, 2.75) is 13.8 Å². The number of hydrogen-bond donors (Lipinski definition) is 0. The van der Waals surface area contributed by atoms with Crippen LogP contribution in [0.2, 0.25) is 0 Å². The van der Waals surface area contributed by atoms with E-state index in [2.05, 4.69) is 0 Å². The summed E-state index contributed by atoms with van der Waals surface area (Å²) in [6, 6.07) is 13.5. The Labute approximate surface area is 144 Å². The van der Waals surface area contributed by atoms with E-state index in [1.165, 1.54) is 11.8 Å². The van der Waals surface area contributed by atoms with Gasteiger partial charge >= 0.3 is 0 Å². The van der Waals surface area contributed by atoms with E-state index in [1.54, 1.807) is 36.4 Å². The van der Waals surface area contributed by atoms with Crippen molar-refractivity contribution in [3.8, 4) is 0 Å². The van der Waals surface area contributed by atoms with E-state index in [9.17, 15) is 14.4 Å². The molecule has 0 spiro atoms. The molecule has 1 aliphatic carbocycles. The van der Waals surface area contributed by atoms with Crippen molar-refractivity contribution in [3.63, 3.8) is 0 Å². The molecule has 0 aliphatic heterocycles. The standard InChI is InChI=1S/C19H14ClNO3/c1-11-7-9-13(10-8-11)21(12(2)22)17-16(20)18(23)14-5-3-4-6-15(14)19(17)24/h3-10H,1-2H3. The maximum absolute atomic E-state index is 12.9. The number of rotatable bonds is 2. The monoisotopic (exact) mass is 339 g/mol. The fraction of sp³-hybridized carbons (Fsp3) is 0.105. The summed E-state index contributed by atoms with van der Waals surface area (Å²) in [5.41, 5.74) is 1.90. The summed E-state index contributed by atoms with van der Waals surface area (Å²) in [7, 11) is 0. The van der Waals surface area contributed by atoms with Gasteiger partial charge in [0.25, 0.3) is 0 Å². The first-order chi connectivity index (χ1) is 11.4. The van der Waals surface area contributed by atoms with E-state index >= 15 is 0 Å². The van der Waals surface area contributed by atoms with Crippen LogP contribution in [0.15, 0.2) is 59.3 Å². The number of benzene rings is 2. The number of halogens is 1. The second-order valence-electron chi connectivity index (χ2n) is 5.56. The zero-order valence-corrected chi connectivity index (χ0v) is 13.9. The molecule has 2 aromatic carbocycles. The Morgan fingerprint density at radius 2 is 1.46 bits per heavy atom. The van der Waals surface area contributed by atoms with E-state index in [0.717, 1.165) is 5.56 Å². The lowest BCUT2D eigenvalue weighted by atomic mass is 9.91. The van der Waals surface area contributed by atoms with Crippen LogP contribution < -0.4 is 4.90 Å². The number of carbonyl (C=O) groups excluding carboxylic acids is 3. The number of amides is 1. The van der Waals surface area contributed by atoms with Gasteiger partial charge in [-0.05, 0) is 19.1 Å². The van der Waals surface area contributed by atoms with E-state index in [1.807, 2.05) is 19.1 Å². The smallest absolute Gasteiger partial charge is 0.228 e. The quantitative estimate of drug-likeness (QED) is 0.834. The lowest BCUT2D eigenvalue weighted by Crippen LogP contribution is -2.36. The van der Waals surface area contributed by atoms with Crippen molar-refractivity contribution in [1.29, 1.82) is 0 Å². The van der Waals surface area contributed by atoms with Gasteiger partial charge in [0, 0.05) is 23.7 Å². The van der Waals surface area contributed by atoms with Crippen molar-refractivity contribution < 1.29 is 14.4 Å². The highest BCUT2D eigenvalue weighted by atomic mass is 35.5. The van der Waals surface area contributed by atoms with Crippen LogP contribution in [-0.2, 0) is 4.79 Å². The summed E-state index contributed by atoms with van der Waals surface area (Å²) in [5, 5.41) is -0.241. The molecule has 0 aromatic heterocycles. The molecule has 0 radical (unpaired) electrons. The average Bonchev–Trinajstić information content (AvgIpc) is 2.57. The maximum atomic E-state index is 12.9. The van der Waals surface area contributed by atoms with Crippen LogP contribution in [0.25, 0.3) is 0 Å². The van der Waals surface area contributed by atoms with Crippen LogP contribution in [0.1, 0.15) is 33.2 Å². The van der Waals surface area contributed by atoms with Crippen molar-refractivity contribution in [3.05, 3.63) is 76.0 Å². The van der Waals surface area contributed by atoms with Gasteiger partial charge in [0.15, 0.2) is 0 Å². The normalized spacial score (nSPS) is 13.8. The third kappa shape index (κ3) is 2.55. The largest absolute Gasteiger partial charge is 0.287 e. The summed E-state index contributed by atoms with van der Waals surface area (Å²) in [6.07, 6.45) is 0. The summed E-state index contributed by atoms with van der Waals surface area (Å²) < 4.78 is 0. The van der Waals surface area contributed by atoms with Crippen LogP contribution in [0, 0.1) is 6.92 Å². The van der Waals surface area contributed by atoms with Crippen molar-refractivity contribution in [2.24, 2.45) is 0 Å². The first-order valence-electron chi connectivity index (χ1n) is 7.37. The topological polar surface area (TPSA) is 54.5 Å². The Morgan fingerprint density at radius 3 is 2.00 bits per heavy atom. The first-order valence-corrected chi connectivity index (χ1v) is 7.75. The predicted molar refractivity (Wildman–Crippen MR) is 92.3 cm³/mol. The van der Waals surface area contributed by atoms with Gasteiger partial charge in [0.1, 0.15) is 10.7 Å². The molecular weight excluding hydrogens is 326 g/mol. The lowest BCUT2D eigenvalue weighted by molar-refractivity contribution is -0.116. The van der Waals surface area contributed by atoms with Gasteiger partial charge in [-0.15, -0.1) is 0 Å². The average molecular weight is 340 g/mol. The Kier molecular flexibility index (Phi) is 4.08. The lowest BCUT2D eigenvalue weighted by Gasteiger charge is -2.27. The highest BCUT2D eigenvalue weighted by molar-refractivity contribution is 6.50. The van der Waals surface area contributed by atoms with Crippen molar-refractivity contribution in [1.82, 2.24) is 0 Å². The Bertz CT molecular complexity index is 897. The number of nitrogens with zero attached hydrogens (tertiary/aromatic N) is 1. The molecule has 0 saturated carbocycles. The van der Waals surface area contributed by atoms with Gasteiger partial charge in [-0.1, -0.05) is 53.6 Å². The minimum Gasteiger partial charge on any atom is -0.287 e. The van der Waals surface area contributed by atoms with Crippen molar-refractivity contribution >= 4 is 34.8 Å². The number of carbonyl (C=O) groups is 3. The number of fused-ring (bicyclic) bond motifs is 1. The van der Waals surface area contributed by atoms with Gasteiger partial charge in [-0.3, -0.25) is 19.3 Å². The highest BCUT2D eigenvalue weighted by Crippen LogP contribution is 2.33. The molecule has 2 aromatic rings. The van der Waals surface area contributed by atoms with Crippen LogP contribution >= 0.6 is 11.6 Å². The predicted octanol–water partition coefficient (Wildman–Crippen LogP) is 3.88. The molecule has 0 N–H and O–H groups in total. The summed E-state index contributed by atoms with van der Waals surface area (Å²) >= 11 is 6.19. The number of ketones is 2. The molecule has 3 rings (SSSR count). The summed E-state index contributed by atoms with van der Waals surface area (Å²) in [6.45, 7) is 3.24. The highest BCUT2D eigenvalue weighted by Gasteiger charge is 2.36. The minimum atomic E-state index is -0.458. The summed E-state index contributed by atoms with van der Waals surface area (Å²) in [5.74, 6) is -1.29. The van der Waals surface area contributed by atoms with Crippen LogP contribution in [-0.4, -0.2) is 17.5 Å². The van der Waals surface area contributed by atoms with E-state index in [-0.39, 0.29) is 21.9 Å². The fourth-order valence-corrected chi connectivity index (χ4v) is 2.97. The third-order valence-electron chi connectivity index (χ3n) is 3.87. The Hall–Kier alpha value is -2.72. The van der Waals surface area contributed by atoms with E-state index in [0.29, 0.717) is 5.69 Å². The number of Topliss-reactive ketones (excluding diaryl/α,β-unsaturated/α-hetero) is 2. The van der Waals surface area contributed by atoms with Crippen LogP contribution in [0.4, 0.5) is 5.69 Å². The Morgan fingerprint density at radius 1 is 0.917 bits per heavy atom. The van der Waals surface area contributed by atoms with E-state index < -0.39 is 17.5 Å². The molecule has 0 heterocycles. The number of allylic oxidation sites excluding steroid dienone is 2. The van der Waals surface area contributed by atoms with Gasteiger partial charge in [-0.25, -0.2) is 0 Å². The van der Waals surface area contributed by atoms with Crippen LogP contribution in [0.5, 0.6) is 0 Å². The second kappa shape index (κ2) is 6.06. The Balaban J connectivity index is 2.20. The first kappa shape index (κ1) is 16.1. The zero-order valence-electron chi connectivity index (χ0n) is 13.2. The molecule has 1 amide bonds. The van der Waals surface area contributed by atoms with Gasteiger partial charge < -0.3 is 0 Å². The second-order valence-corrected chi connectivity index (χ2v) is 5.93. The molecule has 120 valence electrons. The summed E-state index contributed by atoms with van der Waals surface area (Å²) in [4.78, 5) is 38.8.